The van der Waals surface area contributed by atoms with Crippen molar-refractivity contribution < 1.29 is 28.9 Å². The van der Waals surface area contributed by atoms with Gasteiger partial charge in [0.25, 0.3) is 11.7 Å². The molecule has 3 aromatic carbocycles. The Labute approximate surface area is 220 Å². The van der Waals surface area contributed by atoms with Crippen molar-refractivity contribution in [1.82, 2.24) is 0 Å². The van der Waals surface area contributed by atoms with Crippen molar-refractivity contribution in [3.05, 3.63) is 87.9 Å². The number of benzene rings is 3. The van der Waals surface area contributed by atoms with Crippen LogP contribution in [0.4, 0.5) is 5.69 Å². The minimum Gasteiger partial charge on any atom is -0.507 e. The number of methoxy groups -OCH3 is 1. The average molecular weight is 522 g/mol. The summed E-state index contributed by atoms with van der Waals surface area (Å²) in [5.41, 5.74) is 2.02. The van der Waals surface area contributed by atoms with E-state index < -0.39 is 17.7 Å². The van der Waals surface area contributed by atoms with E-state index in [0.717, 1.165) is 5.56 Å². The Hall–Kier alpha value is -3.97. The number of hydrogen-bond donors (Lipinski definition) is 1. The van der Waals surface area contributed by atoms with E-state index in [1.54, 1.807) is 60.7 Å². The summed E-state index contributed by atoms with van der Waals surface area (Å²) < 4.78 is 16.5. The van der Waals surface area contributed by atoms with Gasteiger partial charge < -0.3 is 19.3 Å². The Bertz CT molecular complexity index is 1350. The van der Waals surface area contributed by atoms with Gasteiger partial charge in [0.15, 0.2) is 0 Å². The number of aryl methyl sites for hydroxylation is 1. The van der Waals surface area contributed by atoms with Gasteiger partial charge in [-0.15, -0.1) is 0 Å². The third-order valence-electron chi connectivity index (χ3n) is 6.02. The predicted octanol–water partition coefficient (Wildman–Crippen LogP) is 6.08. The lowest BCUT2D eigenvalue weighted by Gasteiger charge is -2.26. The largest absolute Gasteiger partial charge is 0.507 e. The summed E-state index contributed by atoms with van der Waals surface area (Å²) in [5, 5.41) is 11.8. The monoisotopic (exact) mass is 521 g/mol. The van der Waals surface area contributed by atoms with E-state index in [1.807, 2.05) is 20.8 Å². The third kappa shape index (κ3) is 5.00. The van der Waals surface area contributed by atoms with Crippen molar-refractivity contribution in [3.63, 3.8) is 0 Å². The second-order valence-corrected chi connectivity index (χ2v) is 8.83. The Morgan fingerprint density at radius 2 is 1.51 bits per heavy atom. The number of amides is 1. The first-order chi connectivity index (χ1) is 17.8. The van der Waals surface area contributed by atoms with Crippen LogP contribution in [0.2, 0.25) is 5.02 Å². The van der Waals surface area contributed by atoms with E-state index in [2.05, 4.69) is 0 Å². The van der Waals surface area contributed by atoms with Gasteiger partial charge in [0.1, 0.15) is 23.0 Å². The number of anilines is 1. The van der Waals surface area contributed by atoms with Crippen LogP contribution in [-0.2, 0) is 9.59 Å². The van der Waals surface area contributed by atoms with Gasteiger partial charge in [0.2, 0.25) is 0 Å². The van der Waals surface area contributed by atoms with Gasteiger partial charge >= 0.3 is 0 Å². The summed E-state index contributed by atoms with van der Waals surface area (Å²) in [4.78, 5) is 28.3. The van der Waals surface area contributed by atoms with Crippen LogP contribution in [-0.4, -0.2) is 37.1 Å². The van der Waals surface area contributed by atoms with Gasteiger partial charge in [-0.25, -0.2) is 0 Å². The molecule has 7 nitrogen and oxygen atoms in total. The fourth-order valence-electron chi connectivity index (χ4n) is 4.45. The number of halogens is 1. The molecule has 1 unspecified atom stereocenters. The van der Waals surface area contributed by atoms with Crippen LogP contribution >= 0.6 is 11.6 Å². The molecular weight excluding hydrogens is 494 g/mol. The van der Waals surface area contributed by atoms with Crippen molar-refractivity contribution in [3.8, 4) is 17.2 Å². The molecule has 3 aromatic rings. The zero-order chi connectivity index (χ0) is 26.7. The highest BCUT2D eigenvalue weighted by Gasteiger charge is 2.47. The average Bonchev–Trinajstić information content (AvgIpc) is 3.15. The number of carbonyl (C=O) groups is 2. The molecule has 1 heterocycles. The summed E-state index contributed by atoms with van der Waals surface area (Å²) >= 11 is 6.37. The highest BCUT2D eigenvalue weighted by Crippen LogP contribution is 2.45. The third-order valence-corrected chi connectivity index (χ3v) is 6.31. The number of hydrogen-bond acceptors (Lipinski definition) is 6. The minimum atomic E-state index is -0.905. The zero-order valence-corrected chi connectivity index (χ0v) is 21.8. The lowest BCUT2D eigenvalue weighted by atomic mass is 9.94. The SMILES string of the molecule is CCOc1ccc(C2/C(=C(\O)c3cc(C)cc(Cl)c3OC)C(=O)C(=O)N2c2ccc(OCC)cc2)cc1. The lowest BCUT2D eigenvalue weighted by Crippen LogP contribution is -2.29. The molecule has 1 atom stereocenters. The van der Waals surface area contributed by atoms with Gasteiger partial charge in [-0.1, -0.05) is 23.7 Å². The van der Waals surface area contributed by atoms with E-state index in [1.165, 1.54) is 12.0 Å². The fourth-order valence-corrected chi connectivity index (χ4v) is 4.81. The molecule has 37 heavy (non-hydrogen) atoms. The number of aliphatic hydroxyl groups is 1. The minimum absolute atomic E-state index is 0.0667. The van der Waals surface area contributed by atoms with Gasteiger partial charge in [0, 0.05) is 5.69 Å². The topological polar surface area (TPSA) is 85.3 Å². The van der Waals surface area contributed by atoms with Crippen LogP contribution in [0.15, 0.2) is 66.2 Å². The van der Waals surface area contributed by atoms with Gasteiger partial charge in [-0.2, -0.15) is 0 Å². The molecule has 192 valence electrons. The molecule has 1 aliphatic rings. The smallest absolute Gasteiger partial charge is 0.300 e. The molecule has 1 N–H and O–H groups in total. The molecule has 0 spiro atoms. The number of rotatable bonds is 8. The molecule has 0 radical (unpaired) electrons. The predicted molar refractivity (Wildman–Crippen MR) is 143 cm³/mol. The van der Waals surface area contributed by atoms with Crippen molar-refractivity contribution in [2.75, 3.05) is 25.2 Å². The van der Waals surface area contributed by atoms with E-state index in [9.17, 15) is 14.7 Å². The summed E-state index contributed by atoms with van der Waals surface area (Å²) in [5.74, 6) is -0.446. The van der Waals surface area contributed by atoms with Crippen LogP contribution in [0.25, 0.3) is 5.76 Å². The maximum absolute atomic E-state index is 13.5. The quantitative estimate of drug-likeness (QED) is 0.220. The van der Waals surface area contributed by atoms with Crippen LogP contribution in [0.3, 0.4) is 0 Å². The first-order valence-electron chi connectivity index (χ1n) is 11.9. The summed E-state index contributed by atoms with van der Waals surface area (Å²) in [6, 6.07) is 16.4. The van der Waals surface area contributed by atoms with Crippen LogP contribution in [0.1, 0.15) is 36.6 Å². The maximum atomic E-state index is 13.5. The molecule has 0 saturated carbocycles. The van der Waals surface area contributed by atoms with Gasteiger partial charge in [-0.05, 0) is 80.4 Å². The van der Waals surface area contributed by atoms with E-state index in [-0.39, 0.29) is 27.7 Å². The number of aliphatic hydroxyl groups excluding tert-OH is 1. The molecule has 4 rings (SSSR count). The van der Waals surface area contributed by atoms with E-state index in [0.29, 0.717) is 36.0 Å². The fraction of sp³-hybridized carbons (Fsp3) is 0.241. The number of nitrogens with zero attached hydrogens (tertiary/aromatic N) is 1. The molecule has 0 aromatic heterocycles. The summed E-state index contributed by atoms with van der Waals surface area (Å²) in [7, 11) is 1.43. The Morgan fingerprint density at radius 3 is 2.05 bits per heavy atom. The van der Waals surface area contributed by atoms with Crippen LogP contribution in [0.5, 0.6) is 17.2 Å². The van der Waals surface area contributed by atoms with Crippen LogP contribution < -0.4 is 19.1 Å². The molecule has 1 saturated heterocycles. The molecular formula is C29H28ClNO6. The van der Waals surface area contributed by atoms with Gasteiger partial charge in [-0.3, -0.25) is 14.5 Å². The first kappa shape index (κ1) is 26.1. The number of Topliss-reactive ketones (excluding diaryl/α,β-unsaturated/α-hetero) is 1. The number of ketones is 1. The summed E-state index contributed by atoms with van der Waals surface area (Å²) in [6.45, 7) is 6.57. The standard InChI is InChI=1S/C29H28ClNO6/c1-5-36-20-11-7-18(8-12-20)25-24(26(32)22-15-17(3)16-23(30)28(22)35-4)27(33)29(34)31(25)19-9-13-21(14-10-19)37-6-2/h7-16,25,32H,5-6H2,1-4H3/b26-24+. The molecule has 1 aliphatic heterocycles. The highest BCUT2D eigenvalue weighted by molar-refractivity contribution is 6.51. The maximum Gasteiger partial charge on any atom is 0.300 e. The highest BCUT2D eigenvalue weighted by atomic mass is 35.5. The Kier molecular flexibility index (Phi) is 7.74. The molecule has 0 bridgehead atoms. The van der Waals surface area contributed by atoms with Crippen molar-refractivity contribution in [1.29, 1.82) is 0 Å². The van der Waals surface area contributed by atoms with E-state index >= 15 is 0 Å². The molecule has 1 amide bonds. The second-order valence-electron chi connectivity index (χ2n) is 8.43. The van der Waals surface area contributed by atoms with Crippen molar-refractivity contribution >= 4 is 34.7 Å². The van der Waals surface area contributed by atoms with Crippen LogP contribution in [0, 0.1) is 6.92 Å². The molecule has 0 aliphatic carbocycles. The second kappa shape index (κ2) is 11.0. The Morgan fingerprint density at radius 1 is 0.946 bits per heavy atom. The zero-order valence-electron chi connectivity index (χ0n) is 21.1. The number of carbonyl (C=O) groups excluding carboxylic acids is 2. The van der Waals surface area contributed by atoms with Crippen molar-refractivity contribution in [2.45, 2.75) is 26.8 Å². The summed E-state index contributed by atoms with van der Waals surface area (Å²) in [6.07, 6.45) is 0. The van der Waals surface area contributed by atoms with Gasteiger partial charge in [0.05, 0.1) is 42.5 Å². The Balaban J connectivity index is 1.93. The lowest BCUT2D eigenvalue weighted by molar-refractivity contribution is -0.132. The van der Waals surface area contributed by atoms with E-state index in [4.69, 9.17) is 25.8 Å². The number of ether oxygens (including phenoxy) is 3. The van der Waals surface area contributed by atoms with Crippen molar-refractivity contribution in [2.24, 2.45) is 0 Å². The molecule has 8 heteroatoms. The first-order valence-corrected chi connectivity index (χ1v) is 12.3. The molecule has 1 fully saturated rings. The normalized spacial score (nSPS) is 16.7.